The lowest BCUT2D eigenvalue weighted by Gasteiger charge is -2.11. The molecule has 0 spiro atoms. The van der Waals surface area contributed by atoms with E-state index >= 15 is 0 Å². The second-order valence-electron chi connectivity index (χ2n) is 5.64. The van der Waals surface area contributed by atoms with Crippen molar-refractivity contribution in [1.82, 2.24) is 4.90 Å². The highest BCUT2D eigenvalue weighted by molar-refractivity contribution is 5.29. The molecule has 112 valence electrons. The predicted octanol–water partition coefficient (Wildman–Crippen LogP) is 3.80. The van der Waals surface area contributed by atoms with Crippen molar-refractivity contribution < 1.29 is 4.74 Å². The lowest BCUT2D eigenvalue weighted by atomic mass is 10.0. The largest absolute Gasteiger partial charge is 0.494 e. The molecule has 0 amide bonds. The van der Waals surface area contributed by atoms with Crippen molar-refractivity contribution in [2.75, 3.05) is 27.2 Å². The zero-order valence-electron chi connectivity index (χ0n) is 13.1. The molecule has 0 N–H and O–H groups in total. The van der Waals surface area contributed by atoms with Crippen LogP contribution in [0.2, 0.25) is 0 Å². The summed E-state index contributed by atoms with van der Waals surface area (Å²) in [5.41, 5.74) is 2.72. The van der Waals surface area contributed by atoms with Crippen LogP contribution in [-0.2, 0) is 12.8 Å². The first-order valence-corrected chi connectivity index (χ1v) is 7.64. The summed E-state index contributed by atoms with van der Waals surface area (Å²) >= 11 is 0. The van der Waals surface area contributed by atoms with Gasteiger partial charge in [0, 0.05) is 6.54 Å². The lowest BCUT2D eigenvalue weighted by molar-refractivity contribution is 0.281. The van der Waals surface area contributed by atoms with Crippen LogP contribution in [0.3, 0.4) is 0 Å². The first-order chi connectivity index (χ1) is 10.2. The van der Waals surface area contributed by atoms with Crippen molar-refractivity contribution in [1.29, 1.82) is 0 Å². The van der Waals surface area contributed by atoms with E-state index in [2.05, 4.69) is 67.5 Å². The third-order valence-electron chi connectivity index (χ3n) is 3.46. The van der Waals surface area contributed by atoms with Gasteiger partial charge in [-0.3, -0.25) is 0 Å². The fraction of sp³-hybridized carbons (Fsp3) is 0.368. The number of hydrogen-bond acceptors (Lipinski definition) is 2. The molecule has 0 bridgehead atoms. The third-order valence-corrected chi connectivity index (χ3v) is 3.46. The Morgan fingerprint density at radius 2 is 1.57 bits per heavy atom. The maximum atomic E-state index is 5.82. The Bertz CT molecular complexity index is 522. The molecule has 0 unspecified atom stereocenters. The second kappa shape index (κ2) is 8.48. The van der Waals surface area contributed by atoms with Crippen molar-refractivity contribution in [3.63, 3.8) is 0 Å². The van der Waals surface area contributed by atoms with Crippen molar-refractivity contribution in [3.8, 4) is 5.75 Å². The van der Waals surface area contributed by atoms with Crippen LogP contribution in [0.15, 0.2) is 54.6 Å². The topological polar surface area (TPSA) is 12.5 Å². The summed E-state index contributed by atoms with van der Waals surface area (Å²) in [5.74, 6) is 0.985. The fourth-order valence-corrected chi connectivity index (χ4v) is 2.29. The summed E-state index contributed by atoms with van der Waals surface area (Å²) in [4.78, 5) is 2.18. The van der Waals surface area contributed by atoms with Crippen LogP contribution < -0.4 is 4.74 Å². The Balaban J connectivity index is 1.80. The van der Waals surface area contributed by atoms with E-state index in [1.54, 1.807) is 0 Å². The molecule has 2 aromatic carbocycles. The average Bonchev–Trinajstić information content (AvgIpc) is 2.51. The van der Waals surface area contributed by atoms with Crippen molar-refractivity contribution >= 4 is 0 Å². The fourth-order valence-electron chi connectivity index (χ4n) is 2.29. The molecule has 0 heterocycles. The first kappa shape index (κ1) is 15.6. The standard InChI is InChI=1S/C19H25NO/c1-20(2)14-7-15-21-19-11-6-10-18(16-19)13-12-17-8-4-3-5-9-17/h3-6,8-11,16H,7,12-15H2,1-2H3. The Labute approximate surface area is 128 Å². The van der Waals surface area contributed by atoms with E-state index < -0.39 is 0 Å². The third kappa shape index (κ3) is 6.01. The van der Waals surface area contributed by atoms with Crippen LogP contribution >= 0.6 is 0 Å². The summed E-state index contributed by atoms with van der Waals surface area (Å²) in [6.45, 7) is 1.84. The minimum absolute atomic E-state index is 0.778. The van der Waals surface area contributed by atoms with Gasteiger partial charge in [-0.2, -0.15) is 0 Å². The van der Waals surface area contributed by atoms with Crippen molar-refractivity contribution in [2.45, 2.75) is 19.3 Å². The molecule has 0 saturated carbocycles. The van der Waals surface area contributed by atoms with Gasteiger partial charge in [0.2, 0.25) is 0 Å². The van der Waals surface area contributed by atoms with Crippen LogP contribution in [-0.4, -0.2) is 32.1 Å². The lowest BCUT2D eigenvalue weighted by Crippen LogP contribution is -2.15. The Morgan fingerprint density at radius 3 is 2.33 bits per heavy atom. The smallest absolute Gasteiger partial charge is 0.119 e. The molecular formula is C19H25NO. The first-order valence-electron chi connectivity index (χ1n) is 7.64. The molecule has 0 aliphatic heterocycles. The molecule has 0 atom stereocenters. The molecule has 0 aliphatic rings. The van der Waals surface area contributed by atoms with Crippen LogP contribution in [0.25, 0.3) is 0 Å². The van der Waals surface area contributed by atoms with E-state index in [1.165, 1.54) is 11.1 Å². The van der Waals surface area contributed by atoms with Gasteiger partial charge >= 0.3 is 0 Å². The van der Waals surface area contributed by atoms with Gasteiger partial charge in [-0.05, 0) is 56.6 Å². The van der Waals surface area contributed by atoms with Gasteiger partial charge in [0.25, 0.3) is 0 Å². The van der Waals surface area contributed by atoms with Gasteiger partial charge in [-0.15, -0.1) is 0 Å². The molecular weight excluding hydrogens is 258 g/mol. The van der Waals surface area contributed by atoms with Gasteiger partial charge in [-0.1, -0.05) is 42.5 Å². The van der Waals surface area contributed by atoms with Crippen molar-refractivity contribution in [3.05, 3.63) is 65.7 Å². The maximum Gasteiger partial charge on any atom is 0.119 e. The summed E-state index contributed by atoms with van der Waals surface area (Å²) < 4.78 is 5.82. The van der Waals surface area contributed by atoms with Gasteiger partial charge in [-0.25, -0.2) is 0 Å². The van der Waals surface area contributed by atoms with E-state index in [4.69, 9.17) is 4.74 Å². The van der Waals surface area contributed by atoms with Crippen LogP contribution in [0, 0.1) is 0 Å². The zero-order chi connectivity index (χ0) is 14.9. The zero-order valence-corrected chi connectivity index (χ0v) is 13.1. The highest BCUT2D eigenvalue weighted by Gasteiger charge is 1.99. The predicted molar refractivity (Wildman–Crippen MR) is 89.0 cm³/mol. The molecule has 2 aromatic rings. The number of nitrogens with zero attached hydrogens (tertiary/aromatic N) is 1. The summed E-state index contributed by atoms with van der Waals surface area (Å²) in [7, 11) is 4.18. The van der Waals surface area contributed by atoms with E-state index in [9.17, 15) is 0 Å². The van der Waals surface area contributed by atoms with Gasteiger partial charge in [0.15, 0.2) is 0 Å². The Morgan fingerprint density at radius 1 is 0.857 bits per heavy atom. The van der Waals surface area contributed by atoms with E-state index in [-0.39, 0.29) is 0 Å². The van der Waals surface area contributed by atoms with Crippen LogP contribution in [0.5, 0.6) is 5.75 Å². The molecule has 0 fully saturated rings. The summed E-state index contributed by atoms with van der Waals surface area (Å²) in [6, 6.07) is 19.1. The molecule has 0 saturated heterocycles. The number of aryl methyl sites for hydroxylation is 2. The van der Waals surface area contributed by atoms with Gasteiger partial charge in [0.05, 0.1) is 6.61 Å². The molecule has 0 radical (unpaired) electrons. The van der Waals surface area contributed by atoms with Crippen LogP contribution in [0.4, 0.5) is 0 Å². The van der Waals surface area contributed by atoms with Crippen molar-refractivity contribution in [2.24, 2.45) is 0 Å². The second-order valence-corrected chi connectivity index (χ2v) is 5.64. The molecule has 2 nitrogen and oxygen atoms in total. The molecule has 2 heteroatoms. The summed E-state index contributed by atoms with van der Waals surface area (Å²) in [5, 5.41) is 0. The molecule has 21 heavy (non-hydrogen) atoms. The van der Waals surface area contributed by atoms with Gasteiger partial charge < -0.3 is 9.64 Å². The highest BCUT2D eigenvalue weighted by atomic mass is 16.5. The van der Waals surface area contributed by atoms with Crippen LogP contribution in [0.1, 0.15) is 17.5 Å². The highest BCUT2D eigenvalue weighted by Crippen LogP contribution is 2.15. The minimum Gasteiger partial charge on any atom is -0.494 e. The maximum absolute atomic E-state index is 5.82. The number of rotatable bonds is 8. The van der Waals surface area contributed by atoms with Gasteiger partial charge in [0.1, 0.15) is 5.75 Å². The van der Waals surface area contributed by atoms with E-state index in [1.807, 2.05) is 6.07 Å². The SMILES string of the molecule is CN(C)CCCOc1cccc(CCc2ccccc2)c1. The number of benzene rings is 2. The number of ether oxygens (including phenoxy) is 1. The minimum atomic E-state index is 0.778. The van der Waals surface area contributed by atoms with E-state index in [0.717, 1.165) is 38.2 Å². The van der Waals surface area contributed by atoms with E-state index in [0.29, 0.717) is 0 Å². The molecule has 0 aromatic heterocycles. The normalized spacial score (nSPS) is 10.8. The molecule has 0 aliphatic carbocycles. The Hall–Kier alpha value is -1.80. The molecule has 2 rings (SSSR count). The monoisotopic (exact) mass is 283 g/mol. The average molecular weight is 283 g/mol. The number of hydrogen-bond donors (Lipinski definition) is 0. The summed E-state index contributed by atoms with van der Waals surface area (Å²) in [6.07, 6.45) is 3.19. The Kier molecular flexibility index (Phi) is 6.29. The quantitative estimate of drug-likeness (QED) is 0.683.